The first-order valence-electron chi connectivity index (χ1n) is 3.87. The molecule has 0 aliphatic rings. The summed E-state index contributed by atoms with van der Waals surface area (Å²) in [5.41, 5.74) is 0. The molecule has 0 aromatic carbocycles. The molecule has 0 N–H and O–H groups in total. The lowest BCUT2D eigenvalue weighted by molar-refractivity contribution is -0.151. The van der Waals surface area contributed by atoms with Gasteiger partial charge in [-0.3, -0.25) is 14.4 Å². The van der Waals surface area contributed by atoms with E-state index >= 15 is 0 Å². The third-order valence-electron chi connectivity index (χ3n) is 1.12. The molecule has 0 aromatic heterocycles. The van der Waals surface area contributed by atoms with E-state index < -0.39 is 17.7 Å². The topological polar surface area (TPSA) is 69.7 Å². The fraction of sp³-hybridized carbons (Fsp3) is 0.625. The van der Waals surface area contributed by atoms with Crippen molar-refractivity contribution in [2.75, 3.05) is 13.2 Å². The van der Waals surface area contributed by atoms with Gasteiger partial charge in [0.25, 0.3) is 0 Å². The summed E-state index contributed by atoms with van der Waals surface area (Å²) < 4.78 is 8.90. The summed E-state index contributed by atoms with van der Waals surface area (Å²) in [6.07, 6.45) is 0.223. The molecule has 0 radical (unpaired) electrons. The summed E-state index contributed by atoms with van der Waals surface area (Å²) in [4.78, 5) is 31.6. The third-order valence-corrected chi connectivity index (χ3v) is 1.12. The van der Waals surface area contributed by atoms with E-state index in [-0.39, 0.29) is 19.6 Å². The molecule has 74 valence electrons. The number of carbonyl (C=O) groups excluding carboxylic acids is 3. The van der Waals surface area contributed by atoms with Gasteiger partial charge in [0.1, 0.15) is 0 Å². The predicted molar refractivity (Wildman–Crippen MR) is 42.9 cm³/mol. The maximum Gasteiger partial charge on any atom is 0.305 e. The molecule has 0 unspecified atom stereocenters. The van der Waals surface area contributed by atoms with Gasteiger partial charge in [-0.05, 0) is 0 Å². The van der Waals surface area contributed by atoms with Crippen molar-refractivity contribution in [3.63, 3.8) is 0 Å². The molecule has 5 heteroatoms. The van der Waals surface area contributed by atoms with Gasteiger partial charge in [-0.1, -0.05) is 6.92 Å². The van der Waals surface area contributed by atoms with Crippen molar-refractivity contribution >= 4 is 17.7 Å². The average Bonchev–Trinajstić information content (AvgIpc) is 2.10. The molecule has 0 heterocycles. The Bertz CT molecular complexity index is 209. The number of rotatable bonds is 5. The molecule has 13 heavy (non-hydrogen) atoms. The third kappa shape index (κ3) is 6.99. The number of ketones is 1. The van der Waals surface area contributed by atoms with Gasteiger partial charge in [-0.15, -0.1) is 0 Å². The maximum atomic E-state index is 10.8. The molecular weight excluding hydrogens is 176 g/mol. The molecule has 0 aliphatic carbocycles. The molecule has 0 bridgehead atoms. The Balaban J connectivity index is 3.52. The molecule has 0 saturated carbocycles. The van der Waals surface area contributed by atoms with Gasteiger partial charge in [0.15, 0.2) is 13.2 Å². The second kappa shape index (κ2) is 6.16. The Kier molecular flexibility index (Phi) is 5.50. The average molecular weight is 188 g/mol. The molecule has 0 aromatic rings. The highest BCUT2D eigenvalue weighted by Crippen LogP contribution is 1.86. The summed E-state index contributed by atoms with van der Waals surface area (Å²) in [6, 6.07) is 0. The molecule has 5 nitrogen and oxygen atoms in total. The minimum Gasteiger partial charge on any atom is -0.458 e. The molecule has 0 atom stereocenters. The number of carbonyl (C=O) groups is 3. The van der Waals surface area contributed by atoms with Crippen LogP contribution in [0, 0.1) is 0 Å². The van der Waals surface area contributed by atoms with E-state index in [0.29, 0.717) is 0 Å². The maximum absolute atomic E-state index is 10.8. The summed E-state index contributed by atoms with van der Waals surface area (Å²) >= 11 is 0. The van der Waals surface area contributed by atoms with Crippen molar-refractivity contribution < 1.29 is 23.9 Å². The second-order valence-electron chi connectivity index (χ2n) is 2.33. The van der Waals surface area contributed by atoms with E-state index in [1.165, 1.54) is 6.92 Å². The van der Waals surface area contributed by atoms with Crippen LogP contribution in [0.25, 0.3) is 0 Å². The number of hydrogen-bond acceptors (Lipinski definition) is 5. The molecule has 0 rings (SSSR count). The minimum absolute atomic E-state index is 0.223. The van der Waals surface area contributed by atoms with E-state index in [0.717, 1.165) is 0 Å². The normalized spacial score (nSPS) is 9.08. The van der Waals surface area contributed by atoms with Crippen LogP contribution in [0.2, 0.25) is 0 Å². The summed E-state index contributed by atoms with van der Waals surface area (Å²) in [6.45, 7) is 2.15. The SMILES string of the molecule is CCC(=O)OCC(=O)COC(C)=O. The Hall–Kier alpha value is -1.39. The van der Waals surface area contributed by atoms with Crippen molar-refractivity contribution in [2.24, 2.45) is 0 Å². The smallest absolute Gasteiger partial charge is 0.305 e. The van der Waals surface area contributed by atoms with Crippen LogP contribution < -0.4 is 0 Å². The van der Waals surface area contributed by atoms with Crippen LogP contribution in [0.5, 0.6) is 0 Å². The zero-order valence-electron chi connectivity index (χ0n) is 7.66. The highest BCUT2D eigenvalue weighted by atomic mass is 16.5. The lowest BCUT2D eigenvalue weighted by Gasteiger charge is -2.02. The standard InChI is InChI=1S/C8H12O5/c1-3-8(11)13-5-7(10)4-12-6(2)9/h3-5H2,1-2H3. The largest absolute Gasteiger partial charge is 0.458 e. The summed E-state index contributed by atoms with van der Waals surface area (Å²) in [5.74, 6) is -1.41. The van der Waals surface area contributed by atoms with Crippen LogP contribution in [0.4, 0.5) is 0 Å². The first-order chi connectivity index (χ1) is 6.06. The zero-order chi connectivity index (χ0) is 10.3. The minimum atomic E-state index is -0.532. The molecule has 0 amide bonds. The van der Waals surface area contributed by atoms with Crippen LogP contribution in [0.15, 0.2) is 0 Å². The molecule has 0 saturated heterocycles. The number of ether oxygens (including phenoxy) is 2. The predicted octanol–water partition coefficient (Wildman–Crippen LogP) is 0.0718. The summed E-state index contributed by atoms with van der Waals surface area (Å²) in [5, 5.41) is 0. The van der Waals surface area contributed by atoms with Crippen molar-refractivity contribution in [3.05, 3.63) is 0 Å². The van der Waals surface area contributed by atoms with Crippen LogP contribution in [0.3, 0.4) is 0 Å². The fourth-order valence-electron chi connectivity index (χ4n) is 0.487. The Morgan fingerprint density at radius 3 is 2.08 bits per heavy atom. The second-order valence-corrected chi connectivity index (χ2v) is 2.33. The van der Waals surface area contributed by atoms with E-state index in [9.17, 15) is 14.4 Å². The number of esters is 2. The van der Waals surface area contributed by atoms with Crippen molar-refractivity contribution in [3.8, 4) is 0 Å². The van der Waals surface area contributed by atoms with Crippen LogP contribution in [0.1, 0.15) is 20.3 Å². The molecular formula is C8H12O5. The van der Waals surface area contributed by atoms with Crippen LogP contribution in [-0.4, -0.2) is 30.9 Å². The highest BCUT2D eigenvalue weighted by Gasteiger charge is 2.06. The van der Waals surface area contributed by atoms with Gasteiger partial charge < -0.3 is 9.47 Å². The van der Waals surface area contributed by atoms with Gasteiger partial charge in [0, 0.05) is 13.3 Å². The Morgan fingerprint density at radius 2 is 1.62 bits per heavy atom. The first kappa shape index (κ1) is 11.6. The highest BCUT2D eigenvalue weighted by molar-refractivity contribution is 5.84. The fourth-order valence-corrected chi connectivity index (χ4v) is 0.487. The monoisotopic (exact) mass is 188 g/mol. The quantitative estimate of drug-likeness (QED) is 0.571. The lowest BCUT2D eigenvalue weighted by atomic mass is 10.4. The van der Waals surface area contributed by atoms with Crippen molar-refractivity contribution in [1.82, 2.24) is 0 Å². The number of Topliss-reactive ketones (excluding diaryl/α,β-unsaturated/α-hetero) is 1. The van der Waals surface area contributed by atoms with Gasteiger partial charge in [-0.25, -0.2) is 0 Å². The summed E-state index contributed by atoms with van der Waals surface area (Å²) in [7, 11) is 0. The van der Waals surface area contributed by atoms with Gasteiger partial charge in [-0.2, -0.15) is 0 Å². The lowest BCUT2D eigenvalue weighted by Crippen LogP contribution is -2.19. The Morgan fingerprint density at radius 1 is 1.08 bits per heavy atom. The van der Waals surface area contributed by atoms with Gasteiger partial charge in [0.05, 0.1) is 0 Å². The van der Waals surface area contributed by atoms with Crippen molar-refractivity contribution in [1.29, 1.82) is 0 Å². The van der Waals surface area contributed by atoms with E-state index in [1.807, 2.05) is 0 Å². The number of hydrogen-bond donors (Lipinski definition) is 0. The molecule has 0 fully saturated rings. The van der Waals surface area contributed by atoms with Crippen molar-refractivity contribution in [2.45, 2.75) is 20.3 Å². The van der Waals surface area contributed by atoms with Gasteiger partial charge >= 0.3 is 11.9 Å². The van der Waals surface area contributed by atoms with Gasteiger partial charge in [0.2, 0.25) is 5.78 Å². The molecule has 0 spiro atoms. The Labute approximate surface area is 76.0 Å². The van der Waals surface area contributed by atoms with Crippen LogP contribution >= 0.6 is 0 Å². The molecule has 0 aliphatic heterocycles. The van der Waals surface area contributed by atoms with E-state index in [2.05, 4.69) is 9.47 Å². The van der Waals surface area contributed by atoms with E-state index in [1.54, 1.807) is 6.92 Å². The van der Waals surface area contributed by atoms with E-state index in [4.69, 9.17) is 0 Å². The zero-order valence-corrected chi connectivity index (χ0v) is 7.66. The first-order valence-corrected chi connectivity index (χ1v) is 3.87. The van der Waals surface area contributed by atoms with Crippen LogP contribution in [-0.2, 0) is 23.9 Å².